The van der Waals surface area contributed by atoms with Gasteiger partial charge in [-0.25, -0.2) is 20.0 Å². The van der Waals surface area contributed by atoms with Gasteiger partial charge in [-0.1, -0.05) is 121 Å². The van der Waals surface area contributed by atoms with Crippen LogP contribution in [0, 0.1) is 0 Å². The van der Waals surface area contributed by atoms with Crippen LogP contribution in [0.2, 0.25) is 0 Å². The molecule has 0 aliphatic heterocycles. The van der Waals surface area contributed by atoms with E-state index in [0.717, 1.165) is 66.3 Å². The lowest BCUT2D eigenvalue weighted by molar-refractivity contribution is 1.28. The van der Waals surface area contributed by atoms with Crippen LogP contribution in [-0.4, -0.2) is 21.5 Å². The number of allylic oxidation sites excluding steroid dienone is 1. The molecule has 0 unspecified atom stereocenters. The Hall–Kier alpha value is -5.52. The minimum Gasteiger partial charge on any atom is -0.247 e. The fourth-order valence-electron chi connectivity index (χ4n) is 5.36. The zero-order valence-electron chi connectivity index (χ0n) is 25.1. The molecule has 216 valence electrons. The molecule has 0 fully saturated rings. The summed E-state index contributed by atoms with van der Waals surface area (Å²) in [7, 11) is 0. The van der Waals surface area contributed by atoms with Crippen molar-refractivity contribution in [1.82, 2.24) is 9.97 Å². The average molecular weight is 599 g/mol. The van der Waals surface area contributed by atoms with Crippen molar-refractivity contribution in [2.75, 3.05) is 0 Å². The van der Waals surface area contributed by atoms with Crippen LogP contribution in [0.5, 0.6) is 0 Å². The smallest absolute Gasteiger partial charge is 0.160 e. The standard InChI is InChI=1S/C40H30N4S/c1-3-34(28-14-7-4-8-15-28)43-39(29-16-9-5-10-17-29)41-27(2)35-20-13-21-36(42-35)32-22-24-33-31(26-32)23-25-37-38(33)44-40(45-37)30-18-11-6-12-19-30/h3-26H,1-2H3/b34-3-,41-27?,43-39?. The number of fused-ring (bicyclic) bond motifs is 3. The number of aromatic nitrogens is 2. The molecular formula is C40H30N4S. The highest BCUT2D eigenvalue weighted by atomic mass is 32.1. The van der Waals surface area contributed by atoms with E-state index in [9.17, 15) is 0 Å². The molecule has 0 amide bonds. The fourth-order valence-corrected chi connectivity index (χ4v) is 6.34. The largest absolute Gasteiger partial charge is 0.247 e. The van der Waals surface area contributed by atoms with E-state index in [1.165, 1.54) is 4.70 Å². The van der Waals surface area contributed by atoms with Gasteiger partial charge in [-0.2, -0.15) is 0 Å². The summed E-state index contributed by atoms with van der Waals surface area (Å²) >= 11 is 1.73. The van der Waals surface area contributed by atoms with Gasteiger partial charge < -0.3 is 0 Å². The Kier molecular flexibility index (Phi) is 7.92. The summed E-state index contributed by atoms with van der Waals surface area (Å²) in [4.78, 5) is 20.1. The monoisotopic (exact) mass is 598 g/mol. The number of nitrogens with zero attached hydrogens (tertiary/aromatic N) is 4. The number of aliphatic imine (C=N–C) groups is 2. The molecule has 7 rings (SSSR count). The molecule has 0 aliphatic rings. The molecular weight excluding hydrogens is 569 g/mol. The molecule has 0 saturated heterocycles. The third kappa shape index (κ3) is 5.99. The van der Waals surface area contributed by atoms with Crippen LogP contribution in [0.1, 0.15) is 30.7 Å². The lowest BCUT2D eigenvalue weighted by atomic mass is 10.0. The first-order valence-corrected chi connectivity index (χ1v) is 15.8. The Morgan fingerprint density at radius 2 is 1.36 bits per heavy atom. The molecule has 0 spiro atoms. The summed E-state index contributed by atoms with van der Waals surface area (Å²) in [6, 6.07) is 47.6. The van der Waals surface area contributed by atoms with E-state index < -0.39 is 0 Å². The zero-order chi connectivity index (χ0) is 30.6. The SMILES string of the molecule is C/C=C(\N=C(N=C(C)c1cccc(-c2ccc3c(ccc4sc(-c5ccccc5)nc43)c2)n1)c1ccccc1)c1ccccc1. The van der Waals surface area contributed by atoms with Crippen molar-refractivity contribution >= 4 is 49.6 Å². The molecule has 2 aromatic heterocycles. The summed E-state index contributed by atoms with van der Waals surface area (Å²) in [5, 5.41) is 3.32. The minimum absolute atomic E-state index is 0.644. The third-order valence-electron chi connectivity index (χ3n) is 7.69. The number of rotatable bonds is 6. The molecule has 7 aromatic rings. The van der Waals surface area contributed by atoms with Crippen LogP contribution in [0.25, 0.3) is 48.5 Å². The van der Waals surface area contributed by atoms with Crippen LogP contribution >= 0.6 is 11.3 Å². The fraction of sp³-hybridized carbons (Fsp3) is 0.0500. The lowest BCUT2D eigenvalue weighted by Gasteiger charge is -2.09. The number of benzene rings is 5. The number of pyridine rings is 1. The van der Waals surface area contributed by atoms with E-state index >= 15 is 0 Å². The Morgan fingerprint density at radius 3 is 2.09 bits per heavy atom. The molecule has 0 aliphatic carbocycles. The van der Waals surface area contributed by atoms with Gasteiger partial charge in [0.05, 0.1) is 33.0 Å². The van der Waals surface area contributed by atoms with Gasteiger partial charge in [0.1, 0.15) is 5.01 Å². The second-order valence-electron chi connectivity index (χ2n) is 10.7. The summed E-state index contributed by atoms with van der Waals surface area (Å²) in [6.07, 6.45) is 2.02. The topological polar surface area (TPSA) is 50.5 Å². The maximum Gasteiger partial charge on any atom is 0.160 e. The molecule has 45 heavy (non-hydrogen) atoms. The van der Waals surface area contributed by atoms with Gasteiger partial charge in [-0.15, -0.1) is 11.3 Å². The average Bonchev–Trinajstić information content (AvgIpc) is 3.56. The lowest BCUT2D eigenvalue weighted by Crippen LogP contribution is -2.06. The van der Waals surface area contributed by atoms with E-state index in [2.05, 4.69) is 66.7 Å². The van der Waals surface area contributed by atoms with Gasteiger partial charge in [0, 0.05) is 22.1 Å². The Bertz CT molecular complexity index is 2210. The maximum atomic E-state index is 5.05. The van der Waals surface area contributed by atoms with Gasteiger partial charge >= 0.3 is 0 Å². The maximum absolute atomic E-state index is 5.05. The van der Waals surface area contributed by atoms with Gasteiger partial charge in [0.2, 0.25) is 0 Å². The number of hydrogen-bond acceptors (Lipinski definition) is 4. The molecule has 0 saturated carbocycles. The van der Waals surface area contributed by atoms with Crippen LogP contribution in [0.15, 0.2) is 156 Å². The van der Waals surface area contributed by atoms with Gasteiger partial charge in [-0.05, 0) is 49.1 Å². The molecule has 4 nitrogen and oxygen atoms in total. The Morgan fingerprint density at radius 1 is 0.644 bits per heavy atom. The number of hydrogen-bond donors (Lipinski definition) is 0. The Balaban J connectivity index is 1.24. The second kappa shape index (κ2) is 12.6. The van der Waals surface area contributed by atoms with Crippen molar-refractivity contribution in [3.63, 3.8) is 0 Å². The predicted molar refractivity (Wildman–Crippen MR) is 191 cm³/mol. The van der Waals surface area contributed by atoms with Gasteiger partial charge in [0.15, 0.2) is 5.84 Å². The number of amidine groups is 1. The van der Waals surface area contributed by atoms with E-state index in [0.29, 0.717) is 5.84 Å². The zero-order valence-corrected chi connectivity index (χ0v) is 25.9. The summed E-state index contributed by atoms with van der Waals surface area (Å²) in [5.41, 5.74) is 8.58. The van der Waals surface area contributed by atoms with E-state index in [1.807, 2.05) is 92.7 Å². The normalized spacial score (nSPS) is 12.6. The van der Waals surface area contributed by atoms with Crippen LogP contribution in [0.3, 0.4) is 0 Å². The van der Waals surface area contributed by atoms with Crippen LogP contribution < -0.4 is 0 Å². The molecule has 0 N–H and O–H groups in total. The molecule has 0 radical (unpaired) electrons. The molecule has 2 heterocycles. The third-order valence-corrected chi connectivity index (χ3v) is 8.76. The summed E-state index contributed by atoms with van der Waals surface area (Å²) in [5.74, 6) is 0.644. The van der Waals surface area contributed by atoms with Crippen molar-refractivity contribution in [2.24, 2.45) is 9.98 Å². The van der Waals surface area contributed by atoms with Crippen molar-refractivity contribution in [3.05, 3.63) is 162 Å². The highest BCUT2D eigenvalue weighted by molar-refractivity contribution is 7.21. The highest BCUT2D eigenvalue weighted by Crippen LogP contribution is 2.35. The van der Waals surface area contributed by atoms with E-state index in [1.54, 1.807) is 11.3 Å². The van der Waals surface area contributed by atoms with Crippen molar-refractivity contribution < 1.29 is 0 Å². The van der Waals surface area contributed by atoms with Crippen LogP contribution in [0.4, 0.5) is 0 Å². The van der Waals surface area contributed by atoms with Crippen molar-refractivity contribution in [2.45, 2.75) is 13.8 Å². The molecule has 0 bridgehead atoms. The highest BCUT2D eigenvalue weighted by Gasteiger charge is 2.12. The summed E-state index contributed by atoms with van der Waals surface area (Å²) in [6.45, 7) is 3.99. The first kappa shape index (κ1) is 28.3. The number of thiazole rings is 1. The first-order valence-electron chi connectivity index (χ1n) is 14.9. The van der Waals surface area contributed by atoms with E-state index in [-0.39, 0.29) is 0 Å². The van der Waals surface area contributed by atoms with Gasteiger partial charge in [-0.3, -0.25) is 0 Å². The van der Waals surface area contributed by atoms with E-state index in [4.69, 9.17) is 20.0 Å². The quantitative estimate of drug-likeness (QED) is 0.141. The predicted octanol–water partition coefficient (Wildman–Crippen LogP) is 10.5. The Labute approximate surface area is 266 Å². The molecule has 5 heteroatoms. The van der Waals surface area contributed by atoms with Crippen LogP contribution in [-0.2, 0) is 0 Å². The first-order chi connectivity index (χ1) is 22.2. The summed E-state index contributed by atoms with van der Waals surface area (Å²) < 4.78 is 1.19. The molecule has 5 aromatic carbocycles. The van der Waals surface area contributed by atoms with Gasteiger partial charge in [0.25, 0.3) is 0 Å². The minimum atomic E-state index is 0.644. The second-order valence-corrected chi connectivity index (χ2v) is 11.7. The van der Waals surface area contributed by atoms with Crippen molar-refractivity contribution in [1.29, 1.82) is 0 Å². The molecule has 0 atom stereocenters. The van der Waals surface area contributed by atoms with Crippen molar-refractivity contribution in [3.8, 4) is 21.8 Å².